The summed E-state index contributed by atoms with van der Waals surface area (Å²) in [5.41, 5.74) is 3.50. The molecule has 0 heterocycles. The Bertz CT molecular complexity index is 302. The minimum Gasteiger partial charge on any atom is -0.352 e. The molecule has 6 heteroatoms. The molecule has 0 rings (SSSR count). The van der Waals surface area contributed by atoms with Crippen LogP contribution in [0.2, 0.25) is 0 Å². The minimum absolute atomic E-state index is 0.318. The summed E-state index contributed by atoms with van der Waals surface area (Å²) in [6, 6.07) is 0. The van der Waals surface area contributed by atoms with Gasteiger partial charge in [-0.2, -0.15) is 0 Å². The highest BCUT2D eigenvalue weighted by Crippen LogP contribution is 2.05. The van der Waals surface area contributed by atoms with Crippen molar-refractivity contribution in [3.05, 3.63) is 12.3 Å². The third-order valence-electron chi connectivity index (χ3n) is 2.59. The van der Waals surface area contributed by atoms with Gasteiger partial charge in [-0.3, -0.25) is 0 Å². The van der Waals surface area contributed by atoms with Gasteiger partial charge < -0.3 is 14.1 Å². The Labute approximate surface area is 118 Å². The van der Waals surface area contributed by atoms with Crippen LogP contribution >= 0.6 is 0 Å². The van der Waals surface area contributed by atoms with E-state index in [1.165, 1.54) is 0 Å². The Morgan fingerprint density at radius 1 is 1.00 bits per heavy atom. The van der Waals surface area contributed by atoms with E-state index in [1.54, 1.807) is 5.70 Å². The van der Waals surface area contributed by atoms with Crippen LogP contribution in [-0.2, 0) is 14.1 Å². The molecule has 0 atom stereocenters. The molecule has 0 N–H and O–H groups in total. The second-order valence-corrected chi connectivity index (χ2v) is 6.14. The zero-order valence-corrected chi connectivity index (χ0v) is 14.3. The van der Waals surface area contributed by atoms with Gasteiger partial charge >= 0.3 is 6.48 Å². The van der Waals surface area contributed by atoms with Gasteiger partial charge in [-0.25, -0.2) is 0 Å². The normalized spacial score (nSPS) is 15.4. The second kappa shape index (κ2) is 9.74. The van der Waals surface area contributed by atoms with Crippen LogP contribution in [0.3, 0.4) is 0 Å². The summed E-state index contributed by atoms with van der Waals surface area (Å²) in [6.07, 6.45) is 0. The Hall–Kier alpha value is -1.14. The van der Waals surface area contributed by atoms with E-state index in [0.29, 0.717) is 11.8 Å². The first-order valence-corrected chi connectivity index (χ1v) is 7.91. The molecule has 5 nitrogen and oxygen atoms in total. The molecule has 0 bridgehead atoms. The summed E-state index contributed by atoms with van der Waals surface area (Å²) >= 11 is 0. The molecule has 0 saturated heterocycles. The third kappa shape index (κ3) is 8.55. The van der Waals surface area contributed by atoms with Crippen molar-refractivity contribution >= 4 is 21.2 Å². The lowest BCUT2D eigenvalue weighted by Crippen LogP contribution is -2.20. The summed E-state index contributed by atoms with van der Waals surface area (Å²) < 4.78 is 5.41. The van der Waals surface area contributed by atoms with Crippen LogP contribution in [0.5, 0.6) is 0 Å². The average Bonchev–Trinajstić information content (AvgIpc) is 2.36. The van der Waals surface area contributed by atoms with Crippen LogP contribution in [0.1, 0.15) is 41.5 Å². The van der Waals surface area contributed by atoms with Crippen molar-refractivity contribution in [3.63, 3.8) is 0 Å². The summed E-state index contributed by atoms with van der Waals surface area (Å²) in [5, 5.41) is 7.97. The maximum absolute atomic E-state index is 5.41. The topological polar surface area (TPSA) is 52.4 Å². The van der Waals surface area contributed by atoms with Gasteiger partial charge in [0.25, 0.3) is 0 Å². The van der Waals surface area contributed by atoms with Gasteiger partial charge in [0.05, 0.1) is 11.4 Å². The van der Waals surface area contributed by atoms with Gasteiger partial charge in [-0.15, -0.1) is 6.58 Å². The van der Waals surface area contributed by atoms with E-state index >= 15 is 0 Å². The lowest BCUT2D eigenvalue weighted by Gasteiger charge is -2.15. The van der Waals surface area contributed by atoms with Crippen LogP contribution in [0.4, 0.5) is 0 Å². The molecule has 0 amide bonds. The molecule has 0 unspecified atom stereocenters. The van der Waals surface area contributed by atoms with Gasteiger partial charge in [-0.1, -0.05) is 43.7 Å². The van der Waals surface area contributed by atoms with Crippen LogP contribution in [0.15, 0.2) is 22.6 Å². The van der Waals surface area contributed by atoms with E-state index in [4.69, 9.17) is 14.1 Å². The van der Waals surface area contributed by atoms with E-state index in [0.717, 1.165) is 11.4 Å². The maximum atomic E-state index is 5.41. The summed E-state index contributed by atoms with van der Waals surface area (Å²) in [6.45, 7) is 14.7. The zero-order valence-electron chi connectivity index (χ0n) is 12.8. The zero-order chi connectivity index (χ0) is 14.8. The molecule has 0 aliphatic heterocycles. The number of nitrogens with zero attached hydrogens (tertiary/aromatic N) is 2. The van der Waals surface area contributed by atoms with Gasteiger partial charge in [0.2, 0.25) is 0 Å². The van der Waals surface area contributed by atoms with Gasteiger partial charge in [-0.05, 0) is 25.7 Å². The van der Waals surface area contributed by atoms with E-state index in [2.05, 4.69) is 16.9 Å². The molecule has 19 heavy (non-hydrogen) atoms. The Kier molecular flexibility index (Phi) is 9.16. The monoisotopic (exact) mass is 286 g/mol. The molecule has 110 valence electrons. The Balaban J connectivity index is 4.50. The first kappa shape index (κ1) is 17.9. The van der Waals surface area contributed by atoms with Crippen molar-refractivity contribution in [1.82, 2.24) is 0 Å². The number of rotatable bonds is 9. The molecule has 0 aromatic carbocycles. The highest BCUT2D eigenvalue weighted by Gasteiger charge is 2.11. The third-order valence-corrected chi connectivity index (χ3v) is 3.29. The standard InChI is InChI=1S/C13H26N2O3Si/c1-8-19-18-13(16-14-11(6)9(2)3)17-15-12(7)10(4)5/h8-10,13H,1,19H2,2-7H3. The van der Waals surface area contributed by atoms with Gasteiger partial charge in [0.1, 0.15) is 0 Å². The molecule has 0 aliphatic rings. The van der Waals surface area contributed by atoms with Crippen molar-refractivity contribution in [1.29, 1.82) is 0 Å². The summed E-state index contributed by atoms with van der Waals surface area (Å²) in [7, 11) is -0.879. The fourth-order valence-corrected chi connectivity index (χ4v) is 1.10. The highest BCUT2D eigenvalue weighted by molar-refractivity contribution is 6.34. The number of oxime groups is 2. The van der Waals surface area contributed by atoms with E-state index in [-0.39, 0.29) is 0 Å². The van der Waals surface area contributed by atoms with Crippen molar-refractivity contribution in [3.8, 4) is 0 Å². The lowest BCUT2D eigenvalue weighted by atomic mass is 10.1. The first-order valence-electron chi connectivity index (χ1n) is 6.51. The van der Waals surface area contributed by atoms with Gasteiger partial charge in [0, 0.05) is 0 Å². The highest BCUT2D eigenvalue weighted by atomic mass is 28.2. The lowest BCUT2D eigenvalue weighted by molar-refractivity contribution is -0.248. The fourth-order valence-electron chi connectivity index (χ4n) is 0.690. The van der Waals surface area contributed by atoms with Crippen molar-refractivity contribution in [2.45, 2.75) is 48.0 Å². The minimum atomic E-state index is -0.896. The largest absolute Gasteiger partial charge is 0.394 e. The van der Waals surface area contributed by atoms with E-state index < -0.39 is 16.2 Å². The van der Waals surface area contributed by atoms with Crippen molar-refractivity contribution in [2.24, 2.45) is 22.1 Å². The van der Waals surface area contributed by atoms with Crippen molar-refractivity contribution < 1.29 is 14.1 Å². The molecular weight excluding hydrogens is 260 g/mol. The SMILES string of the molecule is C=C[SiH2]OC(ON=C(C)C(C)C)ON=C(C)C(C)C. The molecule has 0 spiro atoms. The average molecular weight is 286 g/mol. The van der Waals surface area contributed by atoms with E-state index in [9.17, 15) is 0 Å². The summed E-state index contributed by atoms with van der Waals surface area (Å²) in [5.74, 6) is 0.636. The fraction of sp³-hybridized carbons (Fsp3) is 0.692. The molecule has 0 aliphatic carbocycles. The van der Waals surface area contributed by atoms with Crippen LogP contribution in [-0.4, -0.2) is 27.7 Å². The van der Waals surface area contributed by atoms with Crippen molar-refractivity contribution in [2.75, 3.05) is 0 Å². The molecule has 0 fully saturated rings. The Morgan fingerprint density at radius 2 is 1.42 bits per heavy atom. The molecule has 0 aromatic rings. The molecule has 0 saturated carbocycles. The Morgan fingerprint density at radius 3 is 1.74 bits per heavy atom. The summed E-state index contributed by atoms with van der Waals surface area (Å²) in [4.78, 5) is 10.4. The number of hydrogen-bond acceptors (Lipinski definition) is 5. The van der Waals surface area contributed by atoms with Crippen LogP contribution in [0, 0.1) is 11.8 Å². The van der Waals surface area contributed by atoms with Crippen LogP contribution < -0.4 is 0 Å². The maximum Gasteiger partial charge on any atom is 0.394 e. The smallest absolute Gasteiger partial charge is 0.352 e. The number of hydrogen-bond donors (Lipinski definition) is 0. The predicted octanol–water partition coefficient (Wildman–Crippen LogP) is 2.61. The second-order valence-electron chi connectivity index (χ2n) is 4.90. The first-order chi connectivity index (χ1) is 8.88. The molecule has 0 radical (unpaired) electrons. The van der Waals surface area contributed by atoms with Crippen LogP contribution in [0.25, 0.3) is 0 Å². The predicted molar refractivity (Wildman–Crippen MR) is 81.7 cm³/mol. The molecular formula is C13H26N2O3Si. The van der Waals surface area contributed by atoms with E-state index in [1.807, 2.05) is 41.5 Å². The van der Waals surface area contributed by atoms with Gasteiger partial charge in [0.15, 0.2) is 9.76 Å². The molecule has 0 aromatic heterocycles. The quantitative estimate of drug-likeness (QED) is 0.283.